The van der Waals surface area contributed by atoms with Crippen LogP contribution in [0.25, 0.3) is 0 Å². The Morgan fingerprint density at radius 1 is 0.559 bits per heavy atom. The van der Waals surface area contributed by atoms with E-state index in [4.69, 9.17) is 18.9 Å². The second-order valence-electron chi connectivity index (χ2n) is 15.8. The van der Waals surface area contributed by atoms with Gasteiger partial charge >= 0.3 is 5.97 Å². The molecule has 0 bridgehead atoms. The van der Waals surface area contributed by atoms with Crippen LogP contribution in [0.15, 0.2) is 72.9 Å². The number of carbonyl (C=O) groups is 1. The van der Waals surface area contributed by atoms with Gasteiger partial charge in [-0.15, -0.1) is 0 Å². The molecule has 6 atom stereocenters. The maximum absolute atomic E-state index is 12.8. The van der Waals surface area contributed by atoms with E-state index in [0.717, 1.165) is 83.5 Å². The van der Waals surface area contributed by atoms with Gasteiger partial charge in [-0.05, 0) is 64.2 Å². The van der Waals surface area contributed by atoms with Crippen LogP contribution >= 0.6 is 0 Å². The SMILES string of the molecule is CC/C=C\C/C=C\C/C=C\C/C=C\C/C=C\C/C=C\CCCCCOCC(COC1OC(CO)C(O)C(O)C1O)OC(=O)CCCCCCCCCCCCCCCC. The summed E-state index contributed by atoms with van der Waals surface area (Å²) in [6.45, 7) is 4.36. The zero-order chi connectivity index (χ0) is 42.9. The lowest BCUT2D eigenvalue weighted by molar-refractivity contribution is -0.305. The van der Waals surface area contributed by atoms with Crippen LogP contribution in [0.3, 0.4) is 0 Å². The largest absolute Gasteiger partial charge is 0.457 e. The lowest BCUT2D eigenvalue weighted by atomic mass is 9.99. The van der Waals surface area contributed by atoms with Gasteiger partial charge in [-0.25, -0.2) is 0 Å². The van der Waals surface area contributed by atoms with E-state index in [1.807, 2.05) is 0 Å². The quantitative estimate of drug-likeness (QED) is 0.0271. The predicted octanol–water partition coefficient (Wildman–Crippen LogP) is 10.9. The molecule has 0 aromatic carbocycles. The first-order valence-corrected chi connectivity index (χ1v) is 23.5. The van der Waals surface area contributed by atoms with Crippen molar-refractivity contribution in [2.75, 3.05) is 26.4 Å². The number of rotatable bonds is 39. The van der Waals surface area contributed by atoms with Crippen LogP contribution in [-0.2, 0) is 23.7 Å². The minimum atomic E-state index is -1.55. The lowest BCUT2D eigenvalue weighted by Crippen LogP contribution is -2.59. The monoisotopic (exact) mass is 831 g/mol. The molecule has 1 aliphatic rings. The molecular formula is C50H86O9. The number of hydrogen-bond donors (Lipinski definition) is 4. The fourth-order valence-corrected chi connectivity index (χ4v) is 6.73. The number of carbonyl (C=O) groups excluding carboxylic acids is 1. The first-order chi connectivity index (χ1) is 28.9. The highest BCUT2D eigenvalue weighted by atomic mass is 16.7. The van der Waals surface area contributed by atoms with Crippen molar-refractivity contribution >= 4 is 5.97 Å². The molecule has 1 aliphatic heterocycles. The zero-order valence-corrected chi connectivity index (χ0v) is 37.2. The summed E-state index contributed by atoms with van der Waals surface area (Å²) < 4.78 is 22.8. The van der Waals surface area contributed by atoms with Gasteiger partial charge in [-0.2, -0.15) is 0 Å². The van der Waals surface area contributed by atoms with E-state index in [2.05, 4.69) is 86.8 Å². The van der Waals surface area contributed by atoms with Crippen molar-refractivity contribution in [3.8, 4) is 0 Å². The molecule has 6 unspecified atom stereocenters. The molecule has 0 aromatic heterocycles. The van der Waals surface area contributed by atoms with Gasteiger partial charge in [-0.1, -0.05) is 177 Å². The standard InChI is InChI=1S/C50H86O9/c1-3-5-7-9-11-13-15-17-19-20-21-22-23-24-25-26-28-30-32-34-36-38-40-56-42-44(43-57-50-49(55)48(54)47(53)45(41-51)59-50)58-46(52)39-37-35-33-31-29-27-18-16-14-12-10-8-6-4-2/h5,7,11,13,17,19,21-22,24-25,28,30,44-45,47-51,53-55H,3-4,6,8-10,12,14-16,18,20,23,26-27,29,31-43H2,1-2H3/b7-5-,13-11-,19-17-,22-21-,25-24-,30-28-. The van der Waals surface area contributed by atoms with Crippen molar-refractivity contribution in [2.45, 2.75) is 211 Å². The molecule has 1 saturated heterocycles. The Labute approximate surface area is 359 Å². The van der Waals surface area contributed by atoms with Gasteiger partial charge in [0.2, 0.25) is 0 Å². The zero-order valence-electron chi connectivity index (χ0n) is 37.2. The van der Waals surface area contributed by atoms with Gasteiger partial charge in [-0.3, -0.25) is 4.79 Å². The summed E-state index contributed by atoms with van der Waals surface area (Å²) in [6, 6.07) is 0. The lowest BCUT2D eigenvalue weighted by Gasteiger charge is -2.39. The molecule has 1 fully saturated rings. The minimum Gasteiger partial charge on any atom is -0.457 e. The van der Waals surface area contributed by atoms with Crippen molar-refractivity contribution in [1.82, 2.24) is 0 Å². The van der Waals surface area contributed by atoms with E-state index in [9.17, 15) is 25.2 Å². The van der Waals surface area contributed by atoms with Gasteiger partial charge in [0.1, 0.15) is 30.5 Å². The Morgan fingerprint density at radius 3 is 1.54 bits per heavy atom. The third-order valence-electron chi connectivity index (χ3n) is 10.4. The Hall–Kier alpha value is -2.37. The van der Waals surface area contributed by atoms with Crippen LogP contribution in [-0.4, -0.2) is 89.6 Å². The van der Waals surface area contributed by atoms with Crippen molar-refractivity contribution < 1.29 is 44.2 Å². The van der Waals surface area contributed by atoms with Gasteiger partial charge in [0.25, 0.3) is 0 Å². The van der Waals surface area contributed by atoms with Gasteiger partial charge < -0.3 is 39.4 Å². The third kappa shape index (κ3) is 32.1. The highest BCUT2D eigenvalue weighted by Crippen LogP contribution is 2.22. The number of allylic oxidation sites excluding steroid dienone is 12. The Bertz CT molecular complexity index is 1130. The summed E-state index contributed by atoms with van der Waals surface area (Å²) in [5.74, 6) is -0.327. The van der Waals surface area contributed by atoms with E-state index in [1.165, 1.54) is 70.6 Å². The van der Waals surface area contributed by atoms with E-state index in [1.54, 1.807) is 0 Å². The molecule has 0 spiro atoms. The highest BCUT2D eigenvalue weighted by Gasteiger charge is 2.44. The molecule has 340 valence electrons. The van der Waals surface area contributed by atoms with E-state index in [0.29, 0.717) is 13.0 Å². The topological polar surface area (TPSA) is 135 Å². The molecule has 9 nitrogen and oxygen atoms in total. The molecule has 0 aromatic rings. The molecule has 0 aliphatic carbocycles. The molecule has 0 amide bonds. The molecule has 0 radical (unpaired) electrons. The smallest absolute Gasteiger partial charge is 0.306 e. The second kappa shape index (κ2) is 41.0. The van der Waals surface area contributed by atoms with Crippen LogP contribution in [0, 0.1) is 0 Å². The molecule has 1 rings (SSSR count). The van der Waals surface area contributed by atoms with Gasteiger partial charge in [0.15, 0.2) is 6.29 Å². The van der Waals surface area contributed by atoms with Crippen molar-refractivity contribution in [3.63, 3.8) is 0 Å². The molecule has 4 N–H and O–H groups in total. The fraction of sp³-hybridized carbons (Fsp3) is 0.740. The van der Waals surface area contributed by atoms with Crippen LogP contribution in [0.2, 0.25) is 0 Å². The molecular weight excluding hydrogens is 745 g/mol. The summed E-state index contributed by atoms with van der Waals surface area (Å²) in [5, 5.41) is 40.1. The second-order valence-corrected chi connectivity index (χ2v) is 15.8. The average molecular weight is 831 g/mol. The first kappa shape index (κ1) is 54.6. The maximum Gasteiger partial charge on any atom is 0.306 e. The number of aliphatic hydroxyl groups is 4. The summed E-state index contributed by atoms with van der Waals surface area (Å²) in [6.07, 6.45) is 46.4. The Balaban J connectivity index is 2.28. The Kier molecular flexibility index (Phi) is 38.0. The average Bonchev–Trinajstić information content (AvgIpc) is 3.24. The van der Waals surface area contributed by atoms with Crippen LogP contribution in [0.1, 0.15) is 174 Å². The number of aliphatic hydroxyl groups excluding tert-OH is 4. The van der Waals surface area contributed by atoms with Crippen molar-refractivity contribution in [1.29, 1.82) is 0 Å². The first-order valence-electron chi connectivity index (χ1n) is 23.5. The minimum absolute atomic E-state index is 0.120. The highest BCUT2D eigenvalue weighted by molar-refractivity contribution is 5.69. The molecule has 0 saturated carbocycles. The van der Waals surface area contributed by atoms with Crippen molar-refractivity contribution in [2.24, 2.45) is 0 Å². The third-order valence-corrected chi connectivity index (χ3v) is 10.4. The summed E-state index contributed by atoms with van der Waals surface area (Å²) in [5.41, 5.74) is 0. The van der Waals surface area contributed by atoms with E-state index < -0.39 is 43.4 Å². The normalized spacial score (nSPS) is 20.8. The maximum atomic E-state index is 12.8. The van der Waals surface area contributed by atoms with E-state index in [-0.39, 0.29) is 19.2 Å². The van der Waals surface area contributed by atoms with Gasteiger partial charge in [0, 0.05) is 13.0 Å². The van der Waals surface area contributed by atoms with Gasteiger partial charge in [0.05, 0.1) is 19.8 Å². The summed E-state index contributed by atoms with van der Waals surface area (Å²) >= 11 is 0. The van der Waals surface area contributed by atoms with Crippen molar-refractivity contribution in [3.05, 3.63) is 72.9 Å². The molecule has 59 heavy (non-hydrogen) atoms. The fourth-order valence-electron chi connectivity index (χ4n) is 6.73. The van der Waals surface area contributed by atoms with Crippen LogP contribution in [0.5, 0.6) is 0 Å². The number of ether oxygens (including phenoxy) is 4. The number of hydrogen-bond acceptors (Lipinski definition) is 9. The van der Waals surface area contributed by atoms with E-state index >= 15 is 0 Å². The predicted molar refractivity (Wildman–Crippen MR) is 242 cm³/mol. The summed E-state index contributed by atoms with van der Waals surface area (Å²) in [4.78, 5) is 12.8. The molecule has 9 heteroatoms. The Morgan fingerprint density at radius 2 is 1.03 bits per heavy atom. The van der Waals surface area contributed by atoms with Crippen LogP contribution < -0.4 is 0 Å². The number of esters is 1. The number of unbranched alkanes of at least 4 members (excludes halogenated alkanes) is 16. The molecule has 1 heterocycles. The van der Waals surface area contributed by atoms with Crippen LogP contribution in [0.4, 0.5) is 0 Å². The summed E-state index contributed by atoms with van der Waals surface area (Å²) in [7, 11) is 0.